The van der Waals surface area contributed by atoms with E-state index in [1.165, 1.54) is 4.90 Å². The van der Waals surface area contributed by atoms with Gasteiger partial charge in [0, 0.05) is 12.2 Å². The van der Waals surface area contributed by atoms with E-state index in [2.05, 4.69) is 10.3 Å². The molecule has 1 aliphatic rings. The molecule has 0 aliphatic carbocycles. The van der Waals surface area contributed by atoms with Crippen molar-refractivity contribution in [1.82, 2.24) is 9.88 Å². The summed E-state index contributed by atoms with van der Waals surface area (Å²) in [5.74, 6) is -0.114. The van der Waals surface area contributed by atoms with Crippen LogP contribution in [0.4, 0.5) is 5.82 Å². The van der Waals surface area contributed by atoms with E-state index >= 15 is 0 Å². The summed E-state index contributed by atoms with van der Waals surface area (Å²) in [4.78, 5) is 31.6. The molecular weight excluding hydrogens is 338 g/mol. The molecule has 2 amide bonds. The van der Waals surface area contributed by atoms with Crippen molar-refractivity contribution >= 4 is 17.6 Å². The van der Waals surface area contributed by atoms with E-state index in [0.29, 0.717) is 29.2 Å². The van der Waals surface area contributed by atoms with Crippen molar-refractivity contribution in [3.63, 3.8) is 0 Å². The number of aromatic nitrogens is 1. The molecule has 0 bridgehead atoms. The monoisotopic (exact) mass is 357 g/mol. The van der Waals surface area contributed by atoms with Crippen LogP contribution in [0.1, 0.15) is 37.5 Å². The molecule has 3 aromatic rings. The molecule has 1 aliphatic heterocycles. The smallest absolute Gasteiger partial charge is 0.265 e. The maximum absolute atomic E-state index is 13.0. The first-order valence-corrected chi connectivity index (χ1v) is 8.83. The highest BCUT2D eigenvalue weighted by molar-refractivity contribution is 6.23. The van der Waals surface area contributed by atoms with Crippen LogP contribution >= 0.6 is 0 Å². The first-order valence-electron chi connectivity index (χ1n) is 8.83. The van der Waals surface area contributed by atoms with Gasteiger partial charge in [0.2, 0.25) is 0 Å². The molecule has 0 saturated carbocycles. The Morgan fingerprint density at radius 2 is 1.52 bits per heavy atom. The van der Waals surface area contributed by atoms with Crippen molar-refractivity contribution in [1.29, 1.82) is 0 Å². The van der Waals surface area contributed by atoms with Gasteiger partial charge in [-0.3, -0.25) is 14.5 Å². The van der Waals surface area contributed by atoms with Crippen LogP contribution in [0.5, 0.6) is 0 Å². The molecule has 5 nitrogen and oxygen atoms in total. The van der Waals surface area contributed by atoms with Gasteiger partial charge in [-0.05, 0) is 24.1 Å². The van der Waals surface area contributed by atoms with Crippen LogP contribution in [0.2, 0.25) is 0 Å². The summed E-state index contributed by atoms with van der Waals surface area (Å²) in [5, 5.41) is 3.23. The van der Waals surface area contributed by atoms with E-state index in [0.717, 1.165) is 11.1 Å². The normalized spacial score (nSPS) is 13.0. The number of imide groups is 1. The number of carbonyl (C=O) groups is 2. The number of rotatable bonds is 5. The van der Waals surface area contributed by atoms with Gasteiger partial charge in [-0.1, -0.05) is 60.7 Å². The maximum Gasteiger partial charge on any atom is 0.265 e. The fraction of sp³-hybridized carbons (Fsp3) is 0.136. The number of carbonyl (C=O) groups excluding carboxylic acids is 2. The quantitative estimate of drug-likeness (QED) is 0.706. The standard InChI is InChI=1S/C22H19N3O2/c1-15-12-18-19(20(24-15)23-13-16-8-4-2-5-9-16)22(27)25(21(18)26)14-17-10-6-3-7-11-17/h2-12H,13-14H2,1H3,(H,23,24). The minimum atomic E-state index is -0.304. The third kappa shape index (κ3) is 3.31. The van der Waals surface area contributed by atoms with E-state index in [-0.39, 0.29) is 18.4 Å². The second kappa shape index (κ2) is 7.03. The molecule has 5 heteroatoms. The molecule has 0 spiro atoms. The number of hydrogen-bond donors (Lipinski definition) is 1. The molecule has 2 heterocycles. The van der Waals surface area contributed by atoms with Crippen molar-refractivity contribution in [3.8, 4) is 0 Å². The SMILES string of the molecule is Cc1cc2c(c(NCc3ccccc3)n1)C(=O)N(Cc1ccccc1)C2=O. The van der Waals surface area contributed by atoms with E-state index in [1.807, 2.05) is 67.6 Å². The lowest BCUT2D eigenvalue weighted by Crippen LogP contribution is -2.29. The highest BCUT2D eigenvalue weighted by Gasteiger charge is 2.38. The topological polar surface area (TPSA) is 62.3 Å². The molecular formula is C22H19N3O2. The second-order valence-electron chi connectivity index (χ2n) is 6.56. The van der Waals surface area contributed by atoms with Gasteiger partial charge in [0.25, 0.3) is 11.8 Å². The third-order valence-corrected chi connectivity index (χ3v) is 4.57. The Labute approximate surface area is 157 Å². The minimum Gasteiger partial charge on any atom is -0.365 e. The summed E-state index contributed by atoms with van der Waals surface area (Å²) >= 11 is 0. The van der Waals surface area contributed by atoms with E-state index in [1.54, 1.807) is 6.07 Å². The fourth-order valence-electron chi connectivity index (χ4n) is 3.25. The molecule has 1 aromatic heterocycles. The number of fused-ring (bicyclic) bond motifs is 1. The Kier molecular flexibility index (Phi) is 4.42. The van der Waals surface area contributed by atoms with Gasteiger partial charge < -0.3 is 5.32 Å². The molecule has 0 unspecified atom stereocenters. The van der Waals surface area contributed by atoms with Crippen LogP contribution in [0.15, 0.2) is 66.7 Å². The number of pyridine rings is 1. The Hall–Kier alpha value is -3.47. The second-order valence-corrected chi connectivity index (χ2v) is 6.56. The summed E-state index contributed by atoms with van der Waals surface area (Å²) in [6, 6.07) is 21.1. The maximum atomic E-state index is 13.0. The lowest BCUT2D eigenvalue weighted by Gasteiger charge is -2.14. The van der Waals surface area contributed by atoms with E-state index in [9.17, 15) is 9.59 Å². The van der Waals surface area contributed by atoms with Gasteiger partial charge in [0.1, 0.15) is 5.82 Å². The van der Waals surface area contributed by atoms with Crippen LogP contribution in [0, 0.1) is 6.92 Å². The highest BCUT2D eigenvalue weighted by atomic mass is 16.2. The van der Waals surface area contributed by atoms with E-state index < -0.39 is 0 Å². The van der Waals surface area contributed by atoms with Crippen molar-refractivity contribution in [2.45, 2.75) is 20.0 Å². The first kappa shape index (κ1) is 17.0. The summed E-state index contributed by atoms with van der Waals surface area (Å²) in [5.41, 5.74) is 3.46. The molecule has 0 radical (unpaired) electrons. The lowest BCUT2D eigenvalue weighted by molar-refractivity contribution is 0.0642. The summed E-state index contributed by atoms with van der Waals surface area (Å²) < 4.78 is 0. The number of benzene rings is 2. The molecule has 0 atom stereocenters. The zero-order valence-electron chi connectivity index (χ0n) is 15.0. The van der Waals surface area contributed by atoms with Gasteiger partial charge >= 0.3 is 0 Å². The summed E-state index contributed by atoms with van der Waals surface area (Å²) in [6.07, 6.45) is 0. The summed E-state index contributed by atoms with van der Waals surface area (Å²) in [7, 11) is 0. The highest BCUT2D eigenvalue weighted by Crippen LogP contribution is 2.30. The van der Waals surface area contributed by atoms with Crippen LogP contribution in [-0.2, 0) is 13.1 Å². The van der Waals surface area contributed by atoms with Gasteiger partial charge in [-0.25, -0.2) is 4.98 Å². The van der Waals surface area contributed by atoms with Crippen LogP contribution < -0.4 is 5.32 Å². The zero-order chi connectivity index (χ0) is 18.8. The molecule has 0 saturated heterocycles. The predicted molar refractivity (Wildman–Crippen MR) is 103 cm³/mol. The first-order chi connectivity index (χ1) is 13.1. The van der Waals surface area contributed by atoms with Gasteiger partial charge in [-0.15, -0.1) is 0 Å². The van der Waals surface area contributed by atoms with Crippen molar-refractivity contribution < 1.29 is 9.59 Å². The van der Waals surface area contributed by atoms with Crippen molar-refractivity contribution in [3.05, 3.63) is 94.7 Å². The van der Waals surface area contributed by atoms with Crippen LogP contribution in [0.25, 0.3) is 0 Å². The Morgan fingerprint density at radius 1 is 0.889 bits per heavy atom. The average molecular weight is 357 g/mol. The Balaban J connectivity index is 1.63. The molecule has 4 rings (SSSR count). The fourth-order valence-corrected chi connectivity index (χ4v) is 3.25. The molecule has 27 heavy (non-hydrogen) atoms. The van der Waals surface area contributed by atoms with Crippen molar-refractivity contribution in [2.75, 3.05) is 5.32 Å². The average Bonchev–Trinajstić information content (AvgIpc) is 2.92. The molecule has 0 fully saturated rings. The number of amides is 2. The summed E-state index contributed by atoms with van der Waals surface area (Å²) in [6.45, 7) is 2.61. The Morgan fingerprint density at radius 3 is 2.19 bits per heavy atom. The number of nitrogens with one attached hydrogen (secondary N) is 1. The molecule has 134 valence electrons. The largest absolute Gasteiger partial charge is 0.365 e. The number of nitrogens with zero attached hydrogens (tertiary/aromatic N) is 2. The molecule has 2 aromatic carbocycles. The number of hydrogen-bond acceptors (Lipinski definition) is 4. The zero-order valence-corrected chi connectivity index (χ0v) is 15.0. The van der Waals surface area contributed by atoms with Gasteiger partial charge in [-0.2, -0.15) is 0 Å². The van der Waals surface area contributed by atoms with Gasteiger partial charge in [0.15, 0.2) is 0 Å². The number of aryl methyl sites for hydroxylation is 1. The Bertz CT molecular complexity index is 1000. The van der Waals surface area contributed by atoms with Gasteiger partial charge in [0.05, 0.1) is 17.7 Å². The number of anilines is 1. The third-order valence-electron chi connectivity index (χ3n) is 4.57. The lowest BCUT2D eigenvalue weighted by atomic mass is 10.1. The van der Waals surface area contributed by atoms with Crippen LogP contribution in [0.3, 0.4) is 0 Å². The van der Waals surface area contributed by atoms with Crippen LogP contribution in [-0.4, -0.2) is 21.7 Å². The molecule has 1 N–H and O–H groups in total. The van der Waals surface area contributed by atoms with E-state index in [4.69, 9.17) is 0 Å². The minimum absolute atomic E-state index is 0.254. The predicted octanol–water partition coefficient (Wildman–Crippen LogP) is 3.80. The van der Waals surface area contributed by atoms with Crippen molar-refractivity contribution in [2.24, 2.45) is 0 Å².